The molecule has 4 heteroatoms. The predicted molar refractivity (Wildman–Crippen MR) is 55.8 cm³/mol. The maximum absolute atomic E-state index is 11.1. The Balaban J connectivity index is 2.82. The van der Waals surface area contributed by atoms with Gasteiger partial charge in [-0.05, 0) is 25.0 Å². The molecule has 4 nitrogen and oxygen atoms in total. The van der Waals surface area contributed by atoms with E-state index in [1.54, 1.807) is 24.3 Å². The number of carbonyl (C=O) groups excluding carboxylic acids is 1. The Morgan fingerprint density at radius 3 is 2.67 bits per heavy atom. The van der Waals surface area contributed by atoms with Crippen LogP contribution in [0.2, 0.25) is 0 Å². The molecule has 3 N–H and O–H groups in total. The van der Waals surface area contributed by atoms with Gasteiger partial charge in [0, 0.05) is 5.56 Å². The van der Waals surface area contributed by atoms with Crippen molar-refractivity contribution in [2.45, 2.75) is 19.4 Å². The highest BCUT2D eigenvalue weighted by atomic mass is 16.4. The molecular formula is C11H13NO3. The first kappa shape index (κ1) is 11.4. The molecule has 0 fully saturated rings. The third-order valence-electron chi connectivity index (χ3n) is 2.11. The fraction of sp³-hybridized carbons (Fsp3) is 0.273. The van der Waals surface area contributed by atoms with Gasteiger partial charge in [-0.15, -0.1) is 0 Å². The van der Waals surface area contributed by atoms with E-state index in [9.17, 15) is 9.59 Å². The maximum atomic E-state index is 11.1. The Hall–Kier alpha value is -1.68. The number of ketones is 1. The lowest BCUT2D eigenvalue weighted by molar-refractivity contribution is -0.138. The number of carboxylic acid groups (broad SMARTS) is 1. The van der Waals surface area contributed by atoms with E-state index in [-0.39, 0.29) is 12.2 Å². The number of hydrogen-bond donors (Lipinski definition) is 2. The zero-order chi connectivity index (χ0) is 11.4. The quantitative estimate of drug-likeness (QED) is 0.717. The fourth-order valence-corrected chi connectivity index (χ4v) is 1.26. The molecule has 15 heavy (non-hydrogen) atoms. The fourth-order valence-electron chi connectivity index (χ4n) is 1.26. The molecule has 0 heterocycles. The minimum absolute atomic E-state index is 0.0410. The van der Waals surface area contributed by atoms with E-state index >= 15 is 0 Å². The molecule has 0 amide bonds. The Kier molecular flexibility index (Phi) is 3.57. The van der Waals surface area contributed by atoms with Crippen LogP contribution in [0.15, 0.2) is 24.3 Å². The van der Waals surface area contributed by atoms with Gasteiger partial charge in [0.05, 0.1) is 0 Å². The lowest BCUT2D eigenvalue weighted by Crippen LogP contribution is -2.32. The third-order valence-corrected chi connectivity index (χ3v) is 2.11. The first-order valence-electron chi connectivity index (χ1n) is 4.59. The molecule has 1 aromatic rings. The number of benzene rings is 1. The first-order valence-corrected chi connectivity index (χ1v) is 4.59. The lowest BCUT2D eigenvalue weighted by atomic mass is 10.0. The van der Waals surface area contributed by atoms with Gasteiger partial charge < -0.3 is 10.8 Å². The summed E-state index contributed by atoms with van der Waals surface area (Å²) in [5, 5.41) is 8.63. The van der Waals surface area contributed by atoms with Crippen molar-refractivity contribution in [3.63, 3.8) is 0 Å². The van der Waals surface area contributed by atoms with Crippen molar-refractivity contribution in [2.24, 2.45) is 5.73 Å². The number of Topliss-reactive ketones (excluding diaryl/α,β-unsaturated/α-hetero) is 1. The summed E-state index contributed by atoms with van der Waals surface area (Å²) in [6, 6.07) is 5.92. The Morgan fingerprint density at radius 1 is 1.47 bits per heavy atom. The summed E-state index contributed by atoms with van der Waals surface area (Å²) in [6.45, 7) is 1.47. The first-order chi connectivity index (χ1) is 7.00. The van der Waals surface area contributed by atoms with E-state index in [2.05, 4.69) is 0 Å². The zero-order valence-electron chi connectivity index (χ0n) is 8.43. The molecule has 1 atom stereocenters. The van der Waals surface area contributed by atoms with Gasteiger partial charge in [-0.2, -0.15) is 0 Å². The van der Waals surface area contributed by atoms with Crippen LogP contribution in [-0.4, -0.2) is 22.9 Å². The summed E-state index contributed by atoms with van der Waals surface area (Å²) in [7, 11) is 0. The van der Waals surface area contributed by atoms with E-state index in [4.69, 9.17) is 10.8 Å². The molecule has 0 unspecified atom stereocenters. The highest BCUT2D eigenvalue weighted by molar-refractivity contribution is 5.94. The van der Waals surface area contributed by atoms with Crippen LogP contribution in [0, 0.1) is 0 Å². The van der Waals surface area contributed by atoms with Crippen LogP contribution in [-0.2, 0) is 11.2 Å². The summed E-state index contributed by atoms with van der Waals surface area (Å²) in [5.41, 5.74) is 6.73. The predicted octanol–water partition coefficient (Wildman–Crippen LogP) is 0.844. The van der Waals surface area contributed by atoms with E-state index in [1.807, 2.05) is 0 Å². The number of aliphatic carboxylic acids is 1. The SMILES string of the molecule is CC(=O)c1cccc(C[C@H](N)C(=O)O)c1. The van der Waals surface area contributed by atoms with E-state index < -0.39 is 12.0 Å². The van der Waals surface area contributed by atoms with Crippen LogP contribution in [0.5, 0.6) is 0 Å². The average Bonchev–Trinajstić information content (AvgIpc) is 2.18. The van der Waals surface area contributed by atoms with Crippen LogP contribution in [0.3, 0.4) is 0 Å². The molecule has 80 valence electrons. The molecule has 0 aromatic heterocycles. The molecule has 0 aliphatic carbocycles. The highest BCUT2D eigenvalue weighted by Crippen LogP contribution is 2.08. The van der Waals surface area contributed by atoms with Gasteiger partial charge in [0.1, 0.15) is 6.04 Å². The van der Waals surface area contributed by atoms with Crippen molar-refractivity contribution in [3.05, 3.63) is 35.4 Å². The number of hydrogen-bond acceptors (Lipinski definition) is 3. The molecule has 0 aliphatic rings. The van der Waals surface area contributed by atoms with Gasteiger partial charge in [0.15, 0.2) is 5.78 Å². The molecule has 0 saturated carbocycles. The van der Waals surface area contributed by atoms with Crippen molar-refractivity contribution in [3.8, 4) is 0 Å². The monoisotopic (exact) mass is 207 g/mol. The normalized spacial score (nSPS) is 12.1. The Morgan fingerprint density at radius 2 is 2.13 bits per heavy atom. The molecular weight excluding hydrogens is 194 g/mol. The van der Waals surface area contributed by atoms with Crippen LogP contribution in [0.1, 0.15) is 22.8 Å². The summed E-state index contributed by atoms with van der Waals surface area (Å²) in [5.74, 6) is -1.08. The van der Waals surface area contributed by atoms with Crippen LogP contribution < -0.4 is 5.73 Å². The highest BCUT2D eigenvalue weighted by Gasteiger charge is 2.12. The van der Waals surface area contributed by atoms with E-state index in [0.29, 0.717) is 5.56 Å². The van der Waals surface area contributed by atoms with Gasteiger partial charge in [-0.3, -0.25) is 9.59 Å². The minimum Gasteiger partial charge on any atom is -0.480 e. The standard InChI is InChI=1S/C11H13NO3/c1-7(13)9-4-2-3-8(5-9)6-10(12)11(14)15/h2-5,10H,6,12H2,1H3,(H,14,15)/t10-/m0/s1. The van der Waals surface area contributed by atoms with Gasteiger partial charge in [-0.1, -0.05) is 18.2 Å². The van der Waals surface area contributed by atoms with E-state index in [1.165, 1.54) is 6.92 Å². The molecule has 1 rings (SSSR count). The molecule has 0 aliphatic heterocycles. The van der Waals surface area contributed by atoms with Crippen molar-refractivity contribution in [1.82, 2.24) is 0 Å². The average molecular weight is 207 g/mol. The topological polar surface area (TPSA) is 80.4 Å². The Bertz CT molecular complexity index is 387. The largest absolute Gasteiger partial charge is 0.480 e. The van der Waals surface area contributed by atoms with E-state index in [0.717, 1.165) is 5.56 Å². The number of carboxylic acids is 1. The Labute approximate surface area is 87.7 Å². The number of carbonyl (C=O) groups is 2. The van der Waals surface area contributed by atoms with Gasteiger partial charge in [0.2, 0.25) is 0 Å². The molecule has 0 bridgehead atoms. The van der Waals surface area contributed by atoms with Crippen LogP contribution in [0.4, 0.5) is 0 Å². The summed E-state index contributed by atoms with van der Waals surface area (Å²) in [4.78, 5) is 21.6. The number of rotatable bonds is 4. The second-order valence-electron chi connectivity index (χ2n) is 3.41. The minimum atomic E-state index is -1.04. The molecule has 0 spiro atoms. The summed E-state index contributed by atoms with van der Waals surface area (Å²) >= 11 is 0. The second kappa shape index (κ2) is 4.70. The smallest absolute Gasteiger partial charge is 0.320 e. The van der Waals surface area contributed by atoms with Crippen molar-refractivity contribution < 1.29 is 14.7 Å². The number of nitrogens with two attached hydrogens (primary N) is 1. The summed E-state index contributed by atoms with van der Waals surface area (Å²) in [6.07, 6.45) is 0.233. The van der Waals surface area contributed by atoms with Crippen molar-refractivity contribution in [2.75, 3.05) is 0 Å². The van der Waals surface area contributed by atoms with Gasteiger partial charge in [0.25, 0.3) is 0 Å². The third kappa shape index (κ3) is 3.18. The molecule has 0 radical (unpaired) electrons. The van der Waals surface area contributed by atoms with Crippen molar-refractivity contribution in [1.29, 1.82) is 0 Å². The van der Waals surface area contributed by atoms with Crippen LogP contribution in [0.25, 0.3) is 0 Å². The van der Waals surface area contributed by atoms with Crippen LogP contribution >= 0.6 is 0 Å². The molecule has 0 saturated heterocycles. The maximum Gasteiger partial charge on any atom is 0.320 e. The summed E-state index contributed by atoms with van der Waals surface area (Å²) < 4.78 is 0. The van der Waals surface area contributed by atoms with Gasteiger partial charge >= 0.3 is 5.97 Å². The lowest BCUT2D eigenvalue weighted by Gasteiger charge is -2.06. The zero-order valence-corrected chi connectivity index (χ0v) is 8.43. The second-order valence-corrected chi connectivity index (χ2v) is 3.41. The molecule has 1 aromatic carbocycles. The van der Waals surface area contributed by atoms with Crippen molar-refractivity contribution >= 4 is 11.8 Å². The van der Waals surface area contributed by atoms with Gasteiger partial charge in [-0.25, -0.2) is 0 Å².